The van der Waals surface area contributed by atoms with Gasteiger partial charge in [-0.1, -0.05) is 30.3 Å². The van der Waals surface area contributed by atoms with Gasteiger partial charge in [-0.05, 0) is 54.0 Å². The van der Waals surface area contributed by atoms with Gasteiger partial charge in [-0.2, -0.15) is 0 Å². The number of nitrogens with zero attached hydrogens (tertiary/aromatic N) is 1. The maximum atomic E-state index is 14.0. The van der Waals surface area contributed by atoms with E-state index in [1.54, 1.807) is 19.2 Å². The number of benzene rings is 2. The third-order valence-corrected chi connectivity index (χ3v) is 4.25. The lowest BCUT2D eigenvalue weighted by Crippen LogP contribution is -2.06. The smallest absolute Gasteiger partial charge is 0.306 e. The van der Waals surface area contributed by atoms with Crippen molar-refractivity contribution in [2.24, 2.45) is 0 Å². The van der Waals surface area contributed by atoms with E-state index in [0.29, 0.717) is 31.3 Å². The number of halogens is 1. The second-order valence-electron chi connectivity index (χ2n) is 5.88. The van der Waals surface area contributed by atoms with Gasteiger partial charge in [-0.25, -0.2) is 4.39 Å². The number of carbonyl (C=O) groups is 1. The van der Waals surface area contributed by atoms with E-state index in [1.807, 2.05) is 36.5 Å². The maximum absolute atomic E-state index is 14.0. The minimum absolute atomic E-state index is 0.197. The average molecular weight is 337 g/mol. The zero-order valence-corrected chi connectivity index (χ0v) is 14.2. The van der Waals surface area contributed by atoms with Crippen molar-refractivity contribution < 1.29 is 13.9 Å². The first-order chi connectivity index (χ1) is 12.2. The SMILES string of the molecule is CCOC(=O)CCc1ccncc1Cc1ccc(F)c2ccccc12. The first-order valence-corrected chi connectivity index (χ1v) is 8.42. The lowest BCUT2D eigenvalue weighted by atomic mass is 9.95. The molecule has 3 aromatic rings. The van der Waals surface area contributed by atoms with E-state index in [2.05, 4.69) is 4.98 Å². The fraction of sp³-hybridized carbons (Fsp3) is 0.238. The molecule has 2 aromatic carbocycles. The molecule has 0 saturated carbocycles. The number of aryl methyl sites for hydroxylation is 1. The molecule has 0 amide bonds. The summed E-state index contributed by atoms with van der Waals surface area (Å²) in [7, 11) is 0. The highest BCUT2D eigenvalue weighted by Crippen LogP contribution is 2.25. The van der Waals surface area contributed by atoms with E-state index >= 15 is 0 Å². The molecule has 0 aliphatic rings. The molecule has 3 rings (SSSR count). The highest BCUT2D eigenvalue weighted by atomic mass is 19.1. The van der Waals surface area contributed by atoms with Crippen LogP contribution in [0.5, 0.6) is 0 Å². The van der Waals surface area contributed by atoms with Crippen molar-refractivity contribution in [3.05, 3.63) is 77.4 Å². The first kappa shape index (κ1) is 17.1. The number of carbonyl (C=O) groups excluding carboxylic acids is 1. The molecule has 1 heterocycles. The van der Waals surface area contributed by atoms with E-state index in [-0.39, 0.29) is 11.8 Å². The quantitative estimate of drug-likeness (QED) is 0.623. The minimum Gasteiger partial charge on any atom is -0.466 e. The average Bonchev–Trinajstić information content (AvgIpc) is 2.64. The Hall–Kier alpha value is -2.75. The standard InChI is InChI=1S/C21H20FNO2/c1-2-25-21(24)10-8-15-11-12-23-14-17(15)13-16-7-9-20(22)19-6-4-3-5-18(16)19/h3-7,9,11-12,14H,2,8,10,13H2,1H3. The van der Waals surface area contributed by atoms with Crippen LogP contribution in [0.3, 0.4) is 0 Å². The molecule has 0 aliphatic carbocycles. The van der Waals surface area contributed by atoms with Gasteiger partial charge in [0.2, 0.25) is 0 Å². The Morgan fingerprint density at radius 2 is 1.84 bits per heavy atom. The third-order valence-electron chi connectivity index (χ3n) is 4.25. The lowest BCUT2D eigenvalue weighted by Gasteiger charge is -2.11. The second kappa shape index (κ2) is 7.88. The van der Waals surface area contributed by atoms with Gasteiger partial charge >= 0.3 is 5.97 Å². The highest BCUT2D eigenvalue weighted by Gasteiger charge is 2.10. The molecule has 0 N–H and O–H groups in total. The summed E-state index contributed by atoms with van der Waals surface area (Å²) in [5, 5.41) is 1.53. The molecule has 128 valence electrons. The molecule has 0 aliphatic heterocycles. The molecule has 0 radical (unpaired) electrons. The molecule has 4 heteroatoms. The first-order valence-electron chi connectivity index (χ1n) is 8.42. The number of fused-ring (bicyclic) bond motifs is 1. The number of aromatic nitrogens is 1. The van der Waals surface area contributed by atoms with Gasteiger partial charge < -0.3 is 4.74 Å². The summed E-state index contributed by atoms with van der Waals surface area (Å²) in [4.78, 5) is 15.8. The van der Waals surface area contributed by atoms with E-state index in [4.69, 9.17) is 4.74 Å². The van der Waals surface area contributed by atoms with Crippen molar-refractivity contribution in [2.45, 2.75) is 26.2 Å². The van der Waals surface area contributed by atoms with Crippen LogP contribution in [0.15, 0.2) is 54.9 Å². The van der Waals surface area contributed by atoms with Crippen molar-refractivity contribution in [1.82, 2.24) is 4.98 Å². The molecular weight excluding hydrogens is 317 g/mol. The molecule has 25 heavy (non-hydrogen) atoms. The van der Waals surface area contributed by atoms with Crippen molar-refractivity contribution in [1.29, 1.82) is 0 Å². The molecule has 0 unspecified atom stereocenters. The summed E-state index contributed by atoms with van der Waals surface area (Å²) >= 11 is 0. The number of hydrogen-bond acceptors (Lipinski definition) is 3. The predicted molar refractivity (Wildman–Crippen MR) is 95.9 cm³/mol. The van der Waals surface area contributed by atoms with E-state index in [0.717, 1.165) is 22.1 Å². The fourth-order valence-electron chi connectivity index (χ4n) is 3.01. The van der Waals surface area contributed by atoms with E-state index in [1.165, 1.54) is 6.07 Å². The Labute approximate surface area is 146 Å². The predicted octanol–water partition coefficient (Wildman–Crippen LogP) is 4.46. The molecule has 0 saturated heterocycles. The Kier molecular flexibility index (Phi) is 5.39. The molecule has 0 fully saturated rings. The normalized spacial score (nSPS) is 10.8. The van der Waals surface area contributed by atoms with E-state index in [9.17, 15) is 9.18 Å². The third kappa shape index (κ3) is 4.02. The maximum Gasteiger partial charge on any atom is 0.306 e. The van der Waals surface area contributed by atoms with Crippen LogP contribution in [0.2, 0.25) is 0 Å². The zero-order valence-electron chi connectivity index (χ0n) is 14.2. The van der Waals surface area contributed by atoms with Gasteiger partial charge in [0, 0.05) is 24.2 Å². The Bertz CT molecular complexity index is 892. The van der Waals surface area contributed by atoms with Gasteiger partial charge in [0.15, 0.2) is 0 Å². The van der Waals surface area contributed by atoms with Gasteiger partial charge in [-0.3, -0.25) is 9.78 Å². The van der Waals surface area contributed by atoms with Crippen LogP contribution in [-0.4, -0.2) is 17.6 Å². The number of rotatable bonds is 6. The van der Waals surface area contributed by atoms with Gasteiger partial charge in [0.25, 0.3) is 0 Å². The van der Waals surface area contributed by atoms with Crippen LogP contribution < -0.4 is 0 Å². The Morgan fingerprint density at radius 1 is 1.04 bits per heavy atom. The summed E-state index contributed by atoms with van der Waals surface area (Å²) in [6, 6.07) is 12.7. The summed E-state index contributed by atoms with van der Waals surface area (Å²) in [5.74, 6) is -0.412. The van der Waals surface area contributed by atoms with Gasteiger partial charge in [0.1, 0.15) is 5.82 Å². The molecule has 1 aromatic heterocycles. The molecular formula is C21H20FNO2. The minimum atomic E-state index is -0.215. The molecule has 3 nitrogen and oxygen atoms in total. The summed E-state index contributed by atoms with van der Waals surface area (Å²) < 4.78 is 19.0. The molecule has 0 atom stereocenters. The Morgan fingerprint density at radius 3 is 2.64 bits per heavy atom. The van der Waals surface area contributed by atoms with Gasteiger partial charge in [0.05, 0.1) is 6.61 Å². The van der Waals surface area contributed by atoms with Crippen LogP contribution in [0.25, 0.3) is 10.8 Å². The van der Waals surface area contributed by atoms with Crippen molar-refractivity contribution in [3.63, 3.8) is 0 Å². The second-order valence-corrected chi connectivity index (χ2v) is 5.88. The summed E-state index contributed by atoms with van der Waals surface area (Å²) in [5.41, 5.74) is 3.16. The zero-order chi connectivity index (χ0) is 17.6. The van der Waals surface area contributed by atoms with Crippen LogP contribution in [0, 0.1) is 5.82 Å². The largest absolute Gasteiger partial charge is 0.466 e. The van der Waals surface area contributed by atoms with Crippen LogP contribution >= 0.6 is 0 Å². The summed E-state index contributed by atoms with van der Waals surface area (Å²) in [6.07, 6.45) is 5.14. The monoisotopic (exact) mass is 337 g/mol. The topological polar surface area (TPSA) is 39.2 Å². The highest BCUT2D eigenvalue weighted by molar-refractivity contribution is 5.86. The van der Waals surface area contributed by atoms with E-state index < -0.39 is 0 Å². The van der Waals surface area contributed by atoms with Gasteiger partial charge in [-0.15, -0.1) is 0 Å². The number of hydrogen-bond donors (Lipinski definition) is 0. The number of ether oxygens (including phenoxy) is 1. The lowest BCUT2D eigenvalue weighted by molar-refractivity contribution is -0.143. The molecule has 0 bridgehead atoms. The van der Waals surface area contributed by atoms with Crippen molar-refractivity contribution >= 4 is 16.7 Å². The van der Waals surface area contributed by atoms with Crippen molar-refractivity contribution in [2.75, 3.05) is 6.61 Å². The van der Waals surface area contributed by atoms with Crippen LogP contribution in [-0.2, 0) is 22.4 Å². The van der Waals surface area contributed by atoms with Crippen LogP contribution in [0.1, 0.15) is 30.0 Å². The van der Waals surface area contributed by atoms with Crippen molar-refractivity contribution in [3.8, 4) is 0 Å². The number of esters is 1. The van der Waals surface area contributed by atoms with Crippen LogP contribution in [0.4, 0.5) is 4.39 Å². The fourth-order valence-corrected chi connectivity index (χ4v) is 3.01. The Balaban J connectivity index is 1.87. The summed E-state index contributed by atoms with van der Waals surface area (Å²) in [6.45, 7) is 2.19. The number of pyridine rings is 1. The molecule has 0 spiro atoms.